The molecule has 1 aromatic rings. The number of carbonyl (C=O) groups excluding carboxylic acids is 1. The summed E-state index contributed by atoms with van der Waals surface area (Å²) in [5, 5.41) is 6.92. The van der Waals surface area contributed by atoms with Crippen molar-refractivity contribution in [3.8, 4) is 0 Å². The molecule has 0 saturated heterocycles. The first-order valence-electron chi connectivity index (χ1n) is 7.36. The Morgan fingerprint density at radius 1 is 1.41 bits per heavy atom. The van der Waals surface area contributed by atoms with Gasteiger partial charge in [-0.05, 0) is 36.0 Å². The van der Waals surface area contributed by atoms with Crippen LogP contribution in [-0.4, -0.2) is 32.7 Å². The van der Waals surface area contributed by atoms with E-state index in [9.17, 15) is 4.79 Å². The lowest BCUT2D eigenvalue weighted by molar-refractivity contribution is -0.121. The first-order valence-corrected chi connectivity index (χ1v) is 7.74. The van der Waals surface area contributed by atoms with E-state index < -0.39 is 0 Å². The summed E-state index contributed by atoms with van der Waals surface area (Å²) in [5.74, 6) is 1.20. The van der Waals surface area contributed by atoms with Gasteiger partial charge < -0.3 is 15.4 Å². The van der Waals surface area contributed by atoms with Crippen molar-refractivity contribution in [1.29, 1.82) is 0 Å². The second-order valence-corrected chi connectivity index (χ2v) is 6.08. The number of nitrogens with one attached hydrogen (secondary N) is 2. The summed E-state index contributed by atoms with van der Waals surface area (Å²) in [5.41, 5.74) is 1.12. The van der Waals surface area contributed by atoms with Gasteiger partial charge in [0.2, 0.25) is 5.91 Å². The van der Waals surface area contributed by atoms with Crippen molar-refractivity contribution >= 4 is 29.9 Å². The summed E-state index contributed by atoms with van der Waals surface area (Å²) < 4.78 is 4.94. The standard InChI is InChI=1S/C16H23ClN2O2.ClH/c1-11-9-14(11)16(12-3-5-13(17)6-4-12)19-15(20)10-18-7-8-21-2;/h3-6,11,14,16,18H,7-10H2,1-2H3,(H,19,20);1H. The molecule has 0 aromatic heterocycles. The zero-order valence-electron chi connectivity index (χ0n) is 13.0. The van der Waals surface area contributed by atoms with Gasteiger partial charge in [-0.25, -0.2) is 0 Å². The van der Waals surface area contributed by atoms with Crippen LogP contribution in [0.2, 0.25) is 5.02 Å². The lowest BCUT2D eigenvalue weighted by Crippen LogP contribution is -2.38. The molecule has 0 radical (unpaired) electrons. The van der Waals surface area contributed by atoms with E-state index in [2.05, 4.69) is 17.6 Å². The van der Waals surface area contributed by atoms with E-state index in [-0.39, 0.29) is 24.4 Å². The Hall–Kier alpha value is -0.810. The smallest absolute Gasteiger partial charge is 0.234 e. The quantitative estimate of drug-likeness (QED) is 0.711. The normalized spacial score (nSPS) is 20.9. The Bertz CT molecular complexity index is 468. The Balaban J connectivity index is 0.00000242. The second kappa shape index (κ2) is 9.36. The van der Waals surface area contributed by atoms with Crippen molar-refractivity contribution in [2.45, 2.75) is 19.4 Å². The number of carbonyl (C=O) groups is 1. The van der Waals surface area contributed by atoms with E-state index in [0.29, 0.717) is 36.6 Å². The molecule has 3 unspecified atom stereocenters. The van der Waals surface area contributed by atoms with Crippen LogP contribution in [0.1, 0.15) is 24.9 Å². The van der Waals surface area contributed by atoms with Gasteiger partial charge in [-0.2, -0.15) is 0 Å². The molecule has 6 heteroatoms. The van der Waals surface area contributed by atoms with E-state index in [4.69, 9.17) is 16.3 Å². The maximum absolute atomic E-state index is 12.1. The molecule has 1 aliphatic rings. The Labute approximate surface area is 143 Å². The molecule has 4 nitrogen and oxygen atoms in total. The third-order valence-electron chi connectivity index (χ3n) is 3.91. The van der Waals surface area contributed by atoms with Crippen LogP contribution in [-0.2, 0) is 9.53 Å². The molecule has 3 atom stereocenters. The van der Waals surface area contributed by atoms with Crippen LogP contribution in [0.4, 0.5) is 0 Å². The van der Waals surface area contributed by atoms with Crippen LogP contribution in [0.25, 0.3) is 0 Å². The van der Waals surface area contributed by atoms with Crippen molar-refractivity contribution in [2.24, 2.45) is 11.8 Å². The SMILES string of the molecule is COCCNCC(=O)NC(c1ccc(Cl)cc1)C1CC1C.Cl. The van der Waals surface area contributed by atoms with Crippen molar-refractivity contribution in [2.75, 3.05) is 26.8 Å². The maximum Gasteiger partial charge on any atom is 0.234 e. The minimum atomic E-state index is 0. The summed E-state index contributed by atoms with van der Waals surface area (Å²) in [6.07, 6.45) is 1.16. The largest absolute Gasteiger partial charge is 0.383 e. The summed E-state index contributed by atoms with van der Waals surface area (Å²) in [6, 6.07) is 7.82. The van der Waals surface area contributed by atoms with E-state index in [1.807, 2.05) is 24.3 Å². The number of ether oxygens (including phenoxy) is 1. The first kappa shape index (κ1) is 19.2. The molecule has 22 heavy (non-hydrogen) atoms. The lowest BCUT2D eigenvalue weighted by atomic mass is 10.0. The Morgan fingerprint density at radius 2 is 2.05 bits per heavy atom. The highest BCUT2D eigenvalue weighted by Gasteiger charge is 2.40. The highest BCUT2D eigenvalue weighted by atomic mass is 35.5. The predicted octanol–water partition coefficient (Wildman–Crippen LogP) is 2.81. The first-order chi connectivity index (χ1) is 10.1. The molecular weight excluding hydrogens is 323 g/mol. The van der Waals surface area contributed by atoms with E-state index in [1.54, 1.807) is 7.11 Å². The molecule has 0 aliphatic heterocycles. The number of methoxy groups -OCH3 is 1. The lowest BCUT2D eigenvalue weighted by Gasteiger charge is -2.20. The number of hydrogen-bond donors (Lipinski definition) is 2. The fourth-order valence-electron chi connectivity index (χ4n) is 2.52. The fourth-order valence-corrected chi connectivity index (χ4v) is 2.65. The second-order valence-electron chi connectivity index (χ2n) is 5.64. The molecule has 124 valence electrons. The molecule has 2 N–H and O–H groups in total. The van der Waals surface area contributed by atoms with Crippen molar-refractivity contribution in [1.82, 2.24) is 10.6 Å². The van der Waals surface area contributed by atoms with Crippen LogP contribution < -0.4 is 10.6 Å². The molecule has 1 amide bonds. The van der Waals surface area contributed by atoms with Crippen LogP contribution in [0.15, 0.2) is 24.3 Å². The number of halogens is 2. The van der Waals surface area contributed by atoms with Crippen molar-refractivity contribution in [3.05, 3.63) is 34.9 Å². The molecule has 0 spiro atoms. The Kier molecular flexibility index (Phi) is 8.18. The molecule has 0 bridgehead atoms. The van der Waals surface area contributed by atoms with E-state index in [1.165, 1.54) is 0 Å². The molecule has 1 saturated carbocycles. The molecule has 1 aromatic carbocycles. The highest BCUT2D eigenvalue weighted by Crippen LogP contribution is 2.47. The van der Waals surface area contributed by atoms with Crippen LogP contribution in [0.3, 0.4) is 0 Å². The molecule has 0 heterocycles. The average molecular weight is 347 g/mol. The zero-order chi connectivity index (χ0) is 15.2. The monoisotopic (exact) mass is 346 g/mol. The highest BCUT2D eigenvalue weighted by molar-refractivity contribution is 6.30. The average Bonchev–Trinajstić information content (AvgIpc) is 3.19. The van der Waals surface area contributed by atoms with Gasteiger partial charge in [-0.1, -0.05) is 30.7 Å². The van der Waals surface area contributed by atoms with Gasteiger partial charge in [-0.15, -0.1) is 12.4 Å². The minimum absolute atomic E-state index is 0. The summed E-state index contributed by atoms with van der Waals surface area (Å²) in [6.45, 7) is 3.81. The van der Waals surface area contributed by atoms with Gasteiger partial charge in [0.25, 0.3) is 0 Å². The van der Waals surface area contributed by atoms with E-state index in [0.717, 1.165) is 12.0 Å². The number of hydrogen-bond acceptors (Lipinski definition) is 3. The number of rotatable bonds is 8. The maximum atomic E-state index is 12.1. The molecular formula is C16H24Cl2N2O2. The van der Waals surface area contributed by atoms with Gasteiger partial charge in [0, 0.05) is 18.7 Å². The van der Waals surface area contributed by atoms with Gasteiger partial charge >= 0.3 is 0 Å². The minimum Gasteiger partial charge on any atom is -0.383 e. The van der Waals surface area contributed by atoms with Gasteiger partial charge in [0.1, 0.15) is 0 Å². The number of benzene rings is 1. The topological polar surface area (TPSA) is 50.4 Å². The van der Waals surface area contributed by atoms with E-state index >= 15 is 0 Å². The third kappa shape index (κ3) is 5.76. The fraction of sp³-hybridized carbons (Fsp3) is 0.562. The summed E-state index contributed by atoms with van der Waals surface area (Å²) >= 11 is 5.93. The summed E-state index contributed by atoms with van der Waals surface area (Å²) in [7, 11) is 1.65. The van der Waals surface area contributed by atoms with Crippen LogP contribution >= 0.6 is 24.0 Å². The zero-order valence-corrected chi connectivity index (χ0v) is 14.5. The van der Waals surface area contributed by atoms with Gasteiger partial charge in [0.05, 0.1) is 19.2 Å². The Morgan fingerprint density at radius 3 is 2.59 bits per heavy atom. The van der Waals surface area contributed by atoms with Crippen molar-refractivity contribution in [3.63, 3.8) is 0 Å². The molecule has 2 rings (SSSR count). The van der Waals surface area contributed by atoms with Gasteiger partial charge in [0.15, 0.2) is 0 Å². The molecule has 1 fully saturated rings. The molecule has 1 aliphatic carbocycles. The van der Waals surface area contributed by atoms with Crippen LogP contribution in [0.5, 0.6) is 0 Å². The number of amides is 1. The van der Waals surface area contributed by atoms with Crippen LogP contribution in [0, 0.1) is 11.8 Å². The van der Waals surface area contributed by atoms with Gasteiger partial charge in [-0.3, -0.25) is 4.79 Å². The predicted molar refractivity (Wildman–Crippen MR) is 91.6 cm³/mol. The van der Waals surface area contributed by atoms with Crippen molar-refractivity contribution < 1.29 is 9.53 Å². The summed E-state index contributed by atoms with van der Waals surface area (Å²) in [4.78, 5) is 12.1. The third-order valence-corrected chi connectivity index (χ3v) is 4.17.